The molecule has 0 saturated heterocycles. The number of ether oxygens (including phenoxy) is 1. The van der Waals surface area contributed by atoms with Crippen LogP contribution in [-0.2, 0) is 0 Å². The molecule has 0 spiro atoms. The quantitative estimate of drug-likeness (QED) is 0.875. The maximum atomic E-state index is 13.3. The summed E-state index contributed by atoms with van der Waals surface area (Å²) in [5.41, 5.74) is 1.61. The standard InChI is InChI=1S/C17H20FNO2/c1-11(13-5-4-6-14(18)9-13)19-12(2)16-10-15(21-3)7-8-17(16)20/h4-12,19-20H,1-3H3/t11-,12?/m0/s1. The molecule has 0 aliphatic carbocycles. The maximum absolute atomic E-state index is 13.3. The lowest BCUT2D eigenvalue weighted by atomic mass is 10.0. The molecule has 0 fully saturated rings. The third kappa shape index (κ3) is 3.73. The number of aromatic hydroxyl groups is 1. The van der Waals surface area contributed by atoms with Gasteiger partial charge in [-0.2, -0.15) is 0 Å². The topological polar surface area (TPSA) is 41.5 Å². The molecule has 0 saturated carbocycles. The Morgan fingerprint density at radius 3 is 2.52 bits per heavy atom. The number of rotatable bonds is 5. The molecule has 0 radical (unpaired) electrons. The van der Waals surface area contributed by atoms with Crippen LogP contribution in [0, 0.1) is 5.82 Å². The molecular formula is C17H20FNO2. The lowest BCUT2D eigenvalue weighted by Gasteiger charge is -2.22. The van der Waals surface area contributed by atoms with Gasteiger partial charge in [0.25, 0.3) is 0 Å². The summed E-state index contributed by atoms with van der Waals surface area (Å²) >= 11 is 0. The van der Waals surface area contributed by atoms with Crippen molar-refractivity contribution < 1.29 is 14.2 Å². The van der Waals surface area contributed by atoms with Crippen LogP contribution in [0.15, 0.2) is 42.5 Å². The van der Waals surface area contributed by atoms with Crippen LogP contribution in [0.5, 0.6) is 11.5 Å². The Morgan fingerprint density at radius 2 is 1.86 bits per heavy atom. The SMILES string of the molecule is COc1ccc(O)c(C(C)N[C@@H](C)c2cccc(F)c2)c1. The Morgan fingerprint density at radius 1 is 1.10 bits per heavy atom. The van der Waals surface area contributed by atoms with Gasteiger partial charge in [0.05, 0.1) is 7.11 Å². The largest absolute Gasteiger partial charge is 0.508 e. The predicted molar refractivity (Wildman–Crippen MR) is 81.0 cm³/mol. The summed E-state index contributed by atoms with van der Waals surface area (Å²) in [7, 11) is 1.59. The van der Waals surface area contributed by atoms with E-state index in [0.29, 0.717) is 5.75 Å². The van der Waals surface area contributed by atoms with Crippen molar-refractivity contribution in [1.82, 2.24) is 5.32 Å². The van der Waals surface area contributed by atoms with Crippen LogP contribution in [0.2, 0.25) is 0 Å². The lowest BCUT2D eigenvalue weighted by Crippen LogP contribution is -2.22. The van der Waals surface area contributed by atoms with Crippen molar-refractivity contribution in [3.8, 4) is 11.5 Å². The molecule has 0 heterocycles. The maximum Gasteiger partial charge on any atom is 0.123 e. The highest BCUT2D eigenvalue weighted by atomic mass is 19.1. The first kappa shape index (κ1) is 15.3. The van der Waals surface area contributed by atoms with E-state index in [1.807, 2.05) is 19.9 Å². The average Bonchev–Trinajstić information content (AvgIpc) is 2.47. The summed E-state index contributed by atoms with van der Waals surface area (Å²) in [6.45, 7) is 3.91. The molecule has 0 aromatic heterocycles. The summed E-state index contributed by atoms with van der Waals surface area (Å²) in [6.07, 6.45) is 0. The van der Waals surface area contributed by atoms with E-state index in [1.54, 1.807) is 31.4 Å². The first-order valence-electron chi connectivity index (χ1n) is 6.89. The van der Waals surface area contributed by atoms with Crippen LogP contribution in [0.4, 0.5) is 4.39 Å². The van der Waals surface area contributed by atoms with Crippen LogP contribution in [-0.4, -0.2) is 12.2 Å². The summed E-state index contributed by atoms with van der Waals surface area (Å²) in [6, 6.07) is 11.5. The van der Waals surface area contributed by atoms with Crippen molar-refractivity contribution in [3.63, 3.8) is 0 Å². The number of phenols is 1. The van der Waals surface area contributed by atoms with Crippen molar-refractivity contribution in [1.29, 1.82) is 0 Å². The summed E-state index contributed by atoms with van der Waals surface area (Å²) in [5, 5.41) is 13.3. The van der Waals surface area contributed by atoms with E-state index in [-0.39, 0.29) is 23.7 Å². The average molecular weight is 289 g/mol. The molecule has 2 atom stereocenters. The molecule has 0 amide bonds. The van der Waals surface area contributed by atoms with Gasteiger partial charge in [0.1, 0.15) is 17.3 Å². The number of nitrogens with one attached hydrogen (secondary N) is 1. The molecule has 1 unspecified atom stereocenters. The minimum Gasteiger partial charge on any atom is -0.508 e. The molecule has 112 valence electrons. The predicted octanol–water partition coefficient (Wildman–Crippen LogP) is 3.95. The minimum absolute atomic E-state index is 0.0405. The fraction of sp³-hybridized carbons (Fsp3) is 0.294. The zero-order chi connectivity index (χ0) is 15.4. The van der Waals surface area contributed by atoms with Crippen molar-refractivity contribution in [2.24, 2.45) is 0 Å². The van der Waals surface area contributed by atoms with Crippen molar-refractivity contribution in [3.05, 3.63) is 59.4 Å². The highest BCUT2D eigenvalue weighted by Crippen LogP contribution is 2.30. The Labute approximate surface area is 124 Å². The van der Waals surface area contributed by atoms with Gasteiger partial charge in [-0.15, -0.1) is 0 Å². The summed E-state index contributed by atoms with van der Waals surface area (Å²) < 4.78 is 18.4. The molecule has 2 rings (SSSR count). The molecule has 2 N–H and O–H groups in total. The zero-order valence-electron chi connectivity index (χ0n) is 12.4. The van der Waals surface area contributed by atoms with Gasteiger partial charge in [0, 0.05) is 17.6 Å². The van der Waals surface area contributed by atoms with Gasteiger partial charge in [-0.05, 0) is 49.7 Å². The second kappa shape index (κ2) is 6.59. The first-order valence-corrected chi connectivity index (χ1v) is 6.89. The highest BCUT2D eigenvalue weighted by molar-refractivity contribution is 5.41. The molecule has 0 aliphatic heterocycles. The van der Waals surface area contributed by atoms with E-state index in [4.69, 9.17) is 4.74 Å². The monoisotopic (exact) mass is 289 g/mol. The smallest absolute Gasteiger partial charge is 0.123 e. The Bertz CT molecular complexity index is 615. The minimum atomic E-state index is -0.252. The van der Waals surface area contributed by atoms with Gasteiger partial charge in [-0.25, -0.2) is 4.39 Å². The molecular weight excluding hydrogens is 269 g/mol. The van der Waals surface area contributed by atoms with E-state index < -0.39 is 0 Å². The summed E-state index contributed by atoms with van der Waals surface area (Å²) in [5.74, 6) is 0.648. The van der Waals surface area contributed by atoms with Crippen molar-refractivity contribution in [2.75, 3.05) is 7.11 Å². The molecule has 4 heteroatoms. The number of hydrogen-bond donors (Lipinski definition) is 2. The van der Waals surface area contributed by atoms with Crippen molar-refractivity contribution in [2.45, 2.75) is 25.9 Å². The van der Waals surface area contributed by atoms with Crippen LogP contribution >= 0.6 is 0 Å². The van der Waals surface area contributed by atoms with E-state index in [1.165, 1.54) is 12.1 Å². The van der Waals surface area contributed by atoms with Crippen LogP contribution in [0.25, 0.3) is 0 Å². The van der Waals surface area contributed by atoms with E-state index >= 15 is 0 Å². The van der Waals surface area contributed by atoms with Crippen molar-refractivity contribution >= 4 is 0 Å². The normalized spacial score (nSPS) is 13.7. The number of benzene rings is 2. The molecule has 2 aromatic rings. The van der Waals surface area contributed by atoms with Crippen LogP contribution in [0.3, 0.4) is 0 Å². The number of phenolic OH excluding ortho intramolecular Hbond substituents is 1. The fourth-order valence-corrected chi connectivity index (χ4v) is 2.34. The molecule has 2 aromatic carbocycles. The number of methoxy groups -OCH3 is 1. The van der Waals surface area contributed by atoms with E-state index in [2.05, 4.69) is 5.32 Å². The van der Waals surface area contributed by atoms with E-state index in [9.17, 15) is 9.50 Å². The zero-order valence-corrected chi connectivity index (χ0v) is 12.4. The molecule has 0 bridgehead atoms. The van der Waals surface area contributed by atoms with Gasteiger partial charge in [0.15, 0.2) is 0 Å². The number of hydrogen-bond acceptors (Lipinski definition) is 3. The molecule has 3 nitrogen and oxygen atoms in total. The first-order chi connectivity index (χ1) is 10.0. The molecule has 0 aliphatic rings. The van der Waals surface area contributed by atoms with Crippen LogP contribution < -0.4 is 10.1 Å². The Hall–Kier alpha value is -2.07. The molecule has 21 heavy (non-hydrogen) atoms. The Kier molecular flexibility index (Phi) is 4.81. The third-order valence-corrected chi connectivity index (χ3v) is 3.55. The van der Waals surface area contributed by atoms with Gasteiger partial charge >= 0.3 is 0 Å². The van der Waals surface area contributed by atoms with Gasteiger partial charge in [-0.1, -0.05) is 12.1 Å². The summed E-state index contributed by atoms with van der Waals surface area (Å²) in [4.78, 5) is 0. The van der Waals surface area contributed by atoms with E-state index in [0.717, 1.165) is 11.1 Å². The van der Waals surface area contributed by atoms with Gasteiger partial charge < -0.3 is 15.2 Å². The van der Waals surface area contributed by atoms with Gasteiger partial charge in [-0.3, -0.25) is 0 Å². The second-order valence-corrected chi connectivity index (χ2v) is 5.09. The second-order valence-electron chi connectivity index (χ2n) is 5.09. The van der Waals surface area contributed by atoms with Crippen LogP contribution in [0.1, 0.15) is 37.1 Å². The lowest BCUT2D eigenvalue weighted by molar-refractivity contribution is 0.404. The fourth-order valence-electron chi connectivity index (χ4n) is 2.34. The number of halogens is 1. The Balaban J connectivity index is 2.15. The van der Waals surface area contributed by atoms with Gasteiger partial charge in [0.2, 0.25) is 0 Å². The third-order valence-electron chi connectivity index (χ3n) is 3.55. The highest BCUT2D eigenvalue weighted by Gasteiger charge is 2.15.